The van der Waals surface area contributed by atoms with E-state index in [1.54, 1.807) is 7.05 Å². The van der Waals surface area contributed by atoms with E-state index >= 15 is 0 Å². The van der Waals surface area contributed by atoms with Gasteiger partial charge in [-0.15, -0.1) is 0 Å². The fraction of sp³-hybridized carbons (Fsp3) is 0.316. The van der Waals surface area contributed by atoms with Crippen molar-refractivity contribution in [2.75, 3.05) is 7.05 Å². The Balaban J connectivity index is 2.01. The van der Waals surface area contributed by atoms with Gasteiger partial charge in [0.05, 0.1) is 6.04 Å². The van der Waals surface area contributed by atoms with Gasteiger partial charge in [0.2, 0.25) is 0 Å². The van der Waals surface area contributed by atoms with Gasteiger partial charge in [0.1, 0.15) is 12.2 Å². The predicted molar refractivity (Wildman–Crippen MR) is 87.9 cm³/mol. The summed E-state index contributed by atoms with van der Waals surface area (Å²) in [6, 6.07) is 16.5. The topological polar surface area (TPSA) is 60.8 Å². The summed E-state index contributed by atoms with van der Waals surface area (Å²) >= 11 is 0. The molecule has 0 unspecified atom stereocenters. The van der Waals surface area contributed by atoms with Gasteiger partial charge in [-0.25, -0.2) is 0 Å². The van der Waals surface area contributed by atoms with E-state index in [0.717, 1.165) is 16.7 Å². The molecule has 0 saturated carbocycles. The molecule has 4 heteroatoms. The van der Waals surface area contributed by atoms with Crippen molar-refractivity contribution >= 4 is 5.91 Å². The van der Waals surface area contributed by atoms with Gasteiger partial charge < -0.3 is 15.1 Å². The van der Waals surface area contributed by atoms with Crippen molar-refractivity contribution in [1.29, 1.82) is 0 Å². The van der Waals surface area contributed by atoms with Crippen LogP contribution in [0.2, 0.25) is 0 Å². The SMILES string of the molecule is Cc1ccc([C@H]2[C@H]([C@H](O)c3ccccc3)N(C)C(=O)[C@@H]2O)cc1. The Morgan fingerprint density at radius 3 is 2.26 bits per heavy atom. The highest BCUT2D eigenvalue weighted by atomic mass is 16.3. The summed E-state index contributed by atoms with van der Waals surface area (Å²) in [6.45, 7) is 1.99. The van der Waals surface area contributed by atoms with Crippen LogP contribution in [0.5, 0.6) is 0 Å². The zero-order chi connectivity index (χ0) is 16.6. The van der Waals surface area contributed by atoms with Crippen molar-refractivity contribution in [3.05, 3.63) is 71.3 Å². The zero-order valence-corrected chi connectivity index (χ0v) is 13.3. The maximum absolute atomic E-state index is 12.3. The number of likely N-dealkylation sites (N-methyl/N-ethyl adjacent to an activating group) is 1. The lowest BCUT2D eigenvalue weighted by atomic mass is 9.84. The Kier molecular flexibility index (Phi) is 4.20. The Morgan fingerprint density at radius 1 is 1.04 bits per heavy atom. The number of carbonyl (C=O) groups is 1. The first-order valence-corrected chi connectivity index (χ1v) is 7.75. The second-order valence-corrected chi connectivity index (χ2v) is 6.18. The van der Waals surface area contributed by atoms with Crippen LogP contribution in [-0.2, 0) is 4.79 Å². The third-order valence-corrected chi connectivity index (χ3v) is 4.68. The van der Waals surface area contributed by atoms with Crippen LogP contribution in [0, 0.1) is 6.92 Å². The number of amides is 1. The van der Waals surface area contributed by atoms with Gasteiger partial charge in [0.15, 0.2) is 0 Å². The van der Waals surface area contributed by atoms with E-state index in [-0.39, 0.29) is 5.91 Å². The number of nitrogens with zero attached hydrogens (tertiary/aromatic N) is 1. The molecule has 2 aromatic rings. The number of likely N-dealkylation sites (tertiary alicyclic amines) is 1. The van der Waals surface area contributed by atoms with Crippen molar-refractivity contribution in [2.45, 2.75) is 31.1 Å². The van der Waals surface area contributed by atoms with Crippen molar-refractivity contribution in [2.24, 2.45) is 0 Å². The minimum Gasteiger partial charge on any atom is -0.386 e. The molecule has 0 aliphatic carbocycles. The molecule has 0 radical (unpaired) electrons. The molecule has 4 nitrogen and oxygen atoms in total. The van der Waals surface area contributed by atoms with Crippen molar-refractivity contribution in [3.8, 4) is 0 Å². The largest absolute Gasteiger partial charge is 0.386 e. The van der Waals surface area contributed by atoms with Crippen LogP contribution in [0.1, 0.15) is 28.7 Å². The van der Waals surface area contributed by atoms with Gasteiger partial charge >= 0.3 is 0 Å². The third-order valence-electron chi connectivity index (χ3n) is 4.68. The Labute approximate surface area is 136 Å². The average molecular weight is 311 g/mol. The first-order valence-electron chi connectivity index (χ1n) is 7.75. The molecule has 1 amide bonds. The summed E-state index contributed by atoms with van der Waals surface area (Å²) < 4.78 is 0. The molecule has 1 heterocycles. The second-order valence-electron chi connectivity index (χ2n) is 6.18. The Morgan fingerprint density at radius 2 is 1.65 bits per heavy atom. The summed E-state index contributed by atoms with van der Waals surface area (Å²) in [5, 5.41) is 21.2. The van der Waals surface area contributed by atoms with Gasteiger partial charge in [-0.3, -0.25) is 4.79 Å². The molecule has 3 rings (SSSR count). The van der Waals surface area contributed by atoms with Gasteiger partial charge in [0.25, 0.3) is 5.91 Å². The zero-order valence-electron chi connectivity index (χ0n) is 13.3. The average Bonchev–Trinajstić information content (AvgIpc) is 2.80. The van der Waals surface area contributed by atoms with Crippen LogP contribution in [0.3, 0.4) is 0 Å². The summed E-state index contributed by atoms with van der Waals surface area (Å²) in [5.41, 5.74) is 2.71. The molecule has 23 heavy (non-hydrogen) atoms. The lowest BCUT2D eigenvalue weighted by Gasteiger charge is -2.30. The quantitative estimate of drug-likeness (QED) is 0.911. The van der Waals surface area contributed by atoms with E-state index in [0.29, 0.717) is 0 Å². The monoisotopic (exact) mass is 311 g/mol. The van der Waals surface area contributed by atoms with E-state index in [9.17, 15) is 15.0 Å². The first-order chi connectivity index (χ1) is 11.0. The van der Waals surface area contributed by atoms with Gasteiger partial charge in [-0.1, -0.05) is 60.2 Å². The molecule has 2 aromatic carbocycles. The molecule has 0 spiro atoms. The fourth-order valence-corrected chi connectivity index (χ4v) is 3.36. The van der Waals surface area contributed by atoms with Gasteiger partial charge in [0, 0.05) is 13.0 Å². The van der Waals surface area contributed by atoms with E-state index in [2.05, 4.69) is 0 Å². The molecular formula is C19H21NO3. The highest BCUT2D eigenvalue weighted by Crippen LogP contribution is 2.40. The molecule has 0 aromatic heterocycles. The Hall–Kier alpha value is -2.17. The maximum atomic E-state index is 12.3. The maximum Gasteiger partial charge on any atom is 0.252 e. The van der Waals surface area contributed by atoms with Crippen LogP contribution >= 0.6 is 0 Å². The molecule has 1 fully saturated rings. The molecule has 1 aliphatic heterocycles. The molecule has 1 aliphatic rings. The predicted octanol–water partition coefficient (Wildman–Crippen LogP) is 2.01. The minimum absolute atomic E-state index is 0.351. The second kappa shape index (κ2) is 6.14. The number of hydrogen-bond acceptors (Lipinski definition) is 3. The lowest BCUT2D eigenvalue weighted by Crippen LogP contribution is -2.36. The van der Waals surface area contributed by atoms with E-state index in [1.807, 2.05) is 61.5 Å². The van der Waals surface area contributed by atoms with Crippen LogP contribution in [-0.4, -0.2) is 40.2 Å². The van der Waals surface area contributed by atoms with E-state index in [4.69, 9.17) is 0 Å². The first kappa shape index (κ1) is 15.7. The molecule has 1 saturated heterocycles. The van der Waals surface area contributed by atoms with Crippen molar-refractivity contribution in [1.82, 2.24) is 4.90 Å². The fourth-order valence-electron chi connectivity index (χ4n) is 3.36. The van der Waals surface area contributed by atoms with Crippen LogP contribution < -0.4 is 0 Å². The standard InChI is InChI=1S/C19H21NO3/c1-12-8-10-13(11-9-12)15-16(20(2)19(23)18(15)22)17(21)14-6-4-3-5-7-14/h3-11,15-18,21-22H,1-2H3/t15-,16+,17+,18+/m0/s1. The van der Waals surface area contributed by atoms with Crippen molar-refractivity contribution in [3.63, 3.8) is 0 Å². The highest BCUT2D eigenvalue weighted by Gasteiger charge is 2.49. The smallest absolute Gasteiger partial charge is 0.252 e. The van der Waals surface area contributed by atoms with E-state index < -0.39 is 24.2 Å². The highest BCUT2D eigenvalue weighted by molar-refractivity contribution is 5.85. The third kappa shape index (κ3) is 2.76. The molecule has 2 N–H and O–H groups in total. The molecular weight excluding hydrogens is 290 g/mol. The van der Waals surface area contributed by atoms with E-state index in [1.165, 1.54) is 4.90 Å². The minimum atomic E-state index is -1.13. The van der Waals surface area contributed by atoms with Crippen LogP contribution in [0.15, 0.2) is 54.6 Å². The Bertz CT molecular complexity index is 684. The van der Waals surface area contributed by atoms with Gasteiger partial charge in [-0.05, 0) is 18.1 Å². The summed E-state index contributed by atoms with van der Waals surface area (Å²) in [4.78, 5) is 13.7. The van der Waals surface area contributed by atoms with Crippen molar-refractivity contribution < 1.29 is 15.0 Å². The molecule has 120 valence electrons. The molecule has 0 bridgehead atoms. The number of aliphatic hydroxyl groups is 2. The number of rotatable bonds is 3. The summed E-state index contributed by atoms with van der Waals surface area (Å²) in [7, 11) is 1.64. The molecule has 4 atom stereocenters. The summed E-state index contributed by atoms with van der Waals surface area (Å²) in [6.07, 6.45) is -1.99. The number of benzene rings is 2. The van der Waals surface area contributed by atoms with Gasteiger partial charge in [-0.2, -0.15) is 0 Å². The number of aliphatic hydroxyl groups excluding tert-OH is 2. The number of aryl methyl sites for hydroxylation is 1. The normalized spacial score (nSPS) is 25.7. The lowest BCUT2D eigenvalue weighted by molar-refractivity contribution is -0.135. The summed E-state index contributed by atoms with van der Waals surface area (Å²) in [5.74, 6) is -0.807. The van der Waals surface area contributed by atoms with Crippen LogP contribution in [0.25, 0.3) is 0 Å². The number of carbonyl (C=O) groups excluding carboxylic acids is 1. The van der Waals surface area contributed by atoms with Crippen LogP contribution in [0.4, 0.5) is 0 Å². The number of hydrogen-bond donors (Lipinski definition) is 2.